The highest BCUT2D eigenvalue weighted by molar-refractivity contribution is 9.10. The Hall–Kier alpha value is -0.410. The van der Waals surface area contributed by atoms with Gasteiger partial charge in [0.25, 0.3) is 0 Å². The smallest absolute Gasteiger partial charge is 0.0472 e. The predicted octanol–water partition coefficient (Wildman–Crippen LogP) is 3.30. The lowest BCUT2D eigenvalue weighted by molar-refractivity contribution is 0.0843. The monoisotopic (exact) mass is 269 g/mol. The Bertz CT molecular complexity index is 334. The van der Waals surface area contributed by atoms with Gasteiger partial charge in [-0.3, -0.25) is 4.98 Å². The fraction of sp³-hybridized carbons (Fsp3) is 0.583. The summed E-state index contributed by atoms with van der Waals surface area (Å²) in [6, 6.07) is 2.19. The van der Waals surface area contributed by atoms with Crippen molar-refractivity contribution in [3.63, 3.8) is 0 Å². The van der Waals surface area contributed by atoms with Crippen LogP contribution in [-0.4, -0.2) is 18.2 Å². The molecule has 0 spiro atoms. The molecule has 2 heterocycles. The largest absolute Gasteiger partial charge is 0.381 e. The fourth-order valence-corrected chi connectivity index (χ4v) is 2.49. The van der Waals surface area contributed by atoms with Gasteiger partial charge in [0.05, 0.1) is 0 Å². The highest BCUT2D eigenvalue weighted by atomic mass is 79.9. The quantitative estimate of drug-likeness (QED) is 0.822. The van der Waals surface area contributed by atoms with E-state index in [1.54, 1.807) is 0 Å². The zero-order valence-corrected chi connectivity index (χ0v) is 10.6. The van der Waals surface area contributed by atoms with Gasteiger partial charge < -0.3 is 4.74 Å². The van der Waals surface area contributed by atoms with Gasteiger partial charge in [-0.25, -0.2) is 0 Å². The molecule has 15 heavy (non-hydrogen) atoms. The van der Waals surface area contributed by atoms with E-state index in [0.29, 0.717) is 5.92 Å². The molecule has 1 aliphatic rings. The van der Waals surface area contributed by atoms with Crippen LogP contribution in [0.15, 0.2) is 16.7 Å². The molecule has 3 heteroatoms. The summed E-state index contributed by atoms with van der Waals surface area (Å²) in [5.41, 5.74) is 2.65. The molecule has 1 saturated heterocycles. The van der Waals surface area contributed by atoms with Crippen molar-refractivity contribution in [1.82, 2.24) is 4.98 Å². The molecule has 0 bridgehead atoms. The lowest BCUT2D eigenvalue weighted by Gasteiger charge is -2.23. The third-order valence-corrected chi connectivity index (χ3v) is 3.39. The molecule has 0 unspecified atom stereocenters. The third kappa shape index (κ3) is 2.58. The summed E-state index contributed by atoms with van der Waals surface area (Å²) in [6.07, 6.45) is 5.19. The molecule has 0 amide bonds. The molecular formula is C12H16BrNO. The van der Waals surface area contributed by atoms with Crippen LogP contribution in [0.25, 0.3) is 0 Å². The first-order chi connectivity index (χ1) is 7.31. The molecule has 0 radical (unpaired) electrons. The van der Waals surface area contributed by atoms with Crippen LogP contribution in [0.3, 0.4) is 0 Å². The van der Waals surface area contributed by atoms with Gasteiger partial charge in [-0.15, -0.1) is 0 Å². The molecule has 1 fully saturated rings. The van der Waals surface area contributed by atoms with E-state index in [0.717, 1.165) is 36.9 Å². The van der Waals surface area contributed by atoms with Gasteiger partial charge in [0.1, 0.15) is 0 Å². The molecule has 0 aliphatic carbocycles. The van der Waals surface area contributed by atoms with Gasteiger partial charge in [0.2, 0.25) is 0 Å². The number of halogens is 1. The van der Waals surface area contributed by atoms with E-state index >= 15 is 0 Å². The fourth-order valence-electron chi connectivity index (χ4n) is 2.11. The van der Waals surface area contributed by atoms with E-state index < -0.39 is 0 Å². The standard InChI is InChI=1S/C12H16BrNO/c1-2-9-7-11(13)8-14-12(9)10-3-5-15-6-4-10/h7-8,10H,2-6H2,1H3. The van der Waals surface area contributed by atoms with E-state index in [1.807, 2.05) is 6.20 Å². The maximum absolute atomic E-state index is 5.38. The van der Waals surface area contributed by atoms with Crippen LogP contribution < -0.4 is 0 Å². The Morgan fingerprint density at radius 1 is 1.47 bits per heavy atom. The van der Waals surface area contributed by atoms with Crippen LogP contribution in [0, 0.1) is 0 Å². The van der Waals surface area contributed by atoms with Gasteiger partial charge in [-0.05, 0) is 46.8 Å². The zero-order chi connectivity index (χ0) is 10.7. The Kier molecular flexibility index (Phi) is 3.76. The zero-order valence-electron chi connectivity index (χ0n) is 9.00. The van der Waals surface area contributed by atoms with Crippen molar-refractivity contribution in [1.29, 1.82) is 0 Å². The molecular weight excluding hydrogens is 254 g/mol. The van der Waals surface area contributed by atoms with Crippen molar-refractivity contribution < 1.29 is 4.74 Å². The summed E-state index contributed by atoms with van der Waals surface area (Å²) in [5.74, 6) is 0.599. The highest BCUT2D eigenvalue weighted by Crippen LogP contribution is 2.29. The summed E-state index contributed by atoms with van der Waals surface area (Å²) in [6.45, 7) is 3.95. The lowest BCUT2D eigenvalue weighted by Crippen LogP contribution is -2.16. The number of aryl methyl sites for hydroxylation is 1. The van der Waals surface area contributed by atoms with Gasteiger partial charge in [0.15, 0.2) is 0 Å². The maximum Gasteiger partial charge on any atom is 0.0472 e. The predicted molar refractivity (Wildman–Crippen MR) is 64.1 cm³/mol. The van der Waals surface area contributed by atoms with E-state index in [4.69, 9.17) is 4.74 Å². The summed E-state index contributed by atoms with van der Waals surface area (Å²) >= 11 is 3.47. The van der Waals surface area contributed by atoms with E-state index in [1.165, 1.54) is 11.3 Å². The number of rotatable bonds is 2. The van der Waals surface area contributed by atoms with Crippen LogP contribution in [0.2, 0.25) is 0 Å². The average molecular weight is 270 g/mol. The van der Waals surface area contributed by atoms with Gasteiger partial charge in [-0.1, -0.05) is 6.92 Å². The SMILES string of the molecule is CCc1cc(Br)cnc1C1CCOCC1. The summed E-state index contributed by atoms with van der Waals surface area (Å²) in [5, 5.41) is 0. The minimum atomic E-state index is 0.599. The second kappa shape index (κ2) is 5.08. The van der Waals surface area contributed by atoms with Crippen molar-refractivity contribution in [2.24, 2.45) is 0 Å². The minimum absolute atomic E-state index is 0.599. The van der Waals surface area contributed by atoms with Crippen LogP contribution in [0.1, 0.15) is 36.9 Å². The summed E-state index contributed by atoms with van der Waals surface area (Å²) in [4.78, 5) is 4.57. The molecule has 0 aromatic carbocycles. The normalized spacial score (nSPS) is 18.0. The van der Waals surface area contributed by atoms with Crippen molar-refractivity contribution in [2.75, 3.05) is 13.2 Å². The van der Waals surface area contributed by atoms with Crippen molar-refractivity contribution in [2.45, 2.75) is 32.1 Å². The third-order valence-electron chi connectivity index (χ3n) is 2.96. The molecule has 2 rings (SSSR count). The number of ether oxygens (including phenoxy) is 1. The van der Waals surface area contributed by atoms with Crippen LogP contribution in [-0.2, 0) is 11.2 Å². The first kappa shape index (κ1) is 11.1. The molecule has 1 aromatic heterocycles. The molecule has 1 aromatic rings. The first-order valence-electron chi connectivity index (χ1n) is 5.53. The Morgan fingerprint density at radius 2 is 2.20 bits per heavy atom. The van der Waals surface area contributed by atoms with E-state index in [2.05, 4.69) is 33.9 Å². The minimum Gasteiger partial charge on any atom is -0.381 e. The topological polar surface area (TPSA) is 22.1 Å². The molecule has 0 N–H and O–H groups in total. The highest BCUT2D eigenvalue weighted by Gasteiger charge is 2.19. The van der Waals surface area contributed by atoms with Gasteiger partial charge in [-0.2, -0.15) is 0 Å². The van der Waals surface area contributed by atoms with Crippen molar-refractivity contribution in [3.05, 3.63) is 28.0 Å². The Morgan fingerprint density at radius 3 is 2.87 bits per heavy atom. The molecule has 0 saturated carbocycles. The Balaban J connectivity index is 2.25. The molecule has 2 nitrogen and oxygen atoms in total. The lowest BCUT2D eigenvalue weighted by atomic mass is 9.92. The van der Waals surface area contributed by atoms with Crippen LogP contribution in [0.4, 0.5) is 0 Å². The van der Waals surface area contributed by atoms with E-state index in [-0.39, 0.29) is 0 Å². The van der Waals surface area contributed by atoms with Gasteiger partial charge in [0, 0.05) is 35.5 Å². The van der Waals surface area contributed by atoms with Crippen LogP contribution in [0.5, 0.6) is 0 Å². The molecule has 1 aliphatic heterocycles. The number of hydrogen-bond acceptors (Lipinski definition) is 2. The van der Waals surface area contributed by atoms with E-state index in [9.17, 15) is 0 Å². The van der Waals surface area contributed by atoms with Crippen molar-refractivity contribution in [3.8, 4) is 0 Å². The first-order valence-corrected chi connectivity index (χ1v) is 6.32. The second-order valence-electron chi connectivity index (χ2n) is 3.94. The number of aromatic nitrogens is 1. The molecule has 82 valence electrons. The van der Waals surface area contributed by atoms with Crippen LogP contribution >= 0.6 is 15.9 Å². The summed E-state index contributed by atoms with van der Waals surface area (Å²) in [7, 11) is 0. The number of nitrogens with zero attached hydrogens (tertiary/aromatic N) is 1. The van der Waals surface area contributed by atoms with Gasteiger partial charge >= 0.3 is 0 Å². The molecule has 0 atom stereocenters. The number of hydrogen-bond donors (Lipinski definition) is 0. The average Bonchev–Trinajstić information content (AvgIpc) is 2.30. The Labute approximate surface area is 99.2 Å². The number of pyridine rings is 1. The van der Waals surface area contributed by atoms with Crippen molar-refractivity contribution >= 4 is 15.9 Å². The summed E-state index contributed by atoms with van der Waals surface area (Å²) < 4.78 is 6.46. The maximum atomic E-state index is 5.38. The second-order valence-corrected chi connectivity index (χ2v) is 4.85.